The largest absolute Gasteiger partial charge is 0.469 e. The molecule has 0 bridgehead atoms. The Morgan fingerprint density at radius 1 is 1.58 bits per heavy atom. The second-order valence-electron chi connectivity index (χ2n) is 5.16. The average Bonchev–Trinajstić information content (AvgIpc) is 2.93. The minimum absolute atomic E-state index is 0.166. The molecule has 0 radical (unpaired) electrons. The van der Waals surface area contributed by atoms with E-state index in [9.17, 15) is 4.79 Å². The lowest BCUT2D eigenvalue weighted by Gasteiger charge is -2.16. The fourth-order valence-electron chi connectivity index (χ4n) is 2.10. The van der Waals surface area contributed by atoms with Gasteiger partial charge in [0.15, 0.2) is 5.79 Å². The van der Waals surface area contributed by atoms with E-state index in [-0.39, 0.29) is 12.1 Å². The van der Waals surface area contributed by atoms with E-state index in [1.807, 2.05) is 13.8 Å². The van der Waals surface area contributed by atoms with Gasteiger partial charge in [-0.25, -0.2) is 0 Å². The highest BCUT2D eigenvalue weighted by Gasteiger charge is 2.32. The molecule has 2 rings (SSSR count). The number of hydrogen-bond acceptors (Lipinski definition) is 5. The highest BCUT2D eigenvalue weighted by Crippen LogP contribution is 2.26. The van der Waals surface area contributed by atoms with E-state index in [1.165, 1.54) is 12.7 Å². The Hall–Kier alpha value is -0.910. The number of ether oxygens (including phenoxy) is 3. The van der Waals surface area contributed by atoms with Crippen molar-refractivity contribution in [2.24, 2.45) is 0 Å². The molecule has 1 aromatic rings. The summed E-state index contributed by atoms with van der Waals surface area (Å²) in [5, 5.41) is 2.10. The number of carbonyl (C=O) groups is 1. The van der Waals surface area contributed by atoms with Crippen LogP contribution in [-0.2, 0) is 31.8 Å². The summed E-state index contributed by atoms with van der Waals surface area (Å²) in [4.78, 5) is 12.2. The highest BCUT2D eigenvalue weighted by atomic mass is 32.1. The summed E-state index contributed by atoms with van der Waals surface area (Å²) in [7, 11) is 1.41. The second kappa shape index (κ2) is 6.03. The molecule has 0 saturated carbocycles. The predicted molar refractivity (Wildman–Crippen MR) is 73.3 cm³/mol. The average molecular weight is 284 g/mol. The van der Waals surface area contributed by atoms with Crippen LogP contribution in [0.1, 0.15) is 30.7 Å². The zero-order valence-electron chi connectivity index (χ0n) is 11.6. The highest BCUT2D eigenvalue weighted by molar-refractivity contribution is 7.10. The van der Waals surface area contributed by atoms with E-state index in [1.54, 1.807) is 11.3 Å². The first kappa shape index (κ1) is 14.5. The van der Waals surface area contributed by atoms with Gasteiger partial charge in [0, 0.05) is 4.88 Å². The normalized spacial score (nSPS) is 21.5. The minimum Gasteiger partial charge on any atom is -0.469 e. The molecule has 0 spiro atoms. The van der Waals surface area contributed by atoms with E-state index in [2.05, 4.69) is 16.2 Å². The lowest BCUT2D eigenvalue weighted by Crippen LogP contribution is -2.21. The van der Waals surface area contributed by atoms with Crippen molar-refractivity contribution >= 4 is 17.3 Å². The molecule has 1 aliphatic rings. The fourth-order valence-corrected chi connectivity index (χ4v) is 3.01. The van der Waals surface area contributed by atoms with Crippen molar-refractivity contribution < 1.29 is 19.0 Å². The predicted octanol–water partition coefficient (Wildman–Crippen LogP) is 2.55. The van der Waals surface area contributed by atoms with Crippen molar-refractivity contribution in [1.29, 1.82) is 0 Å². The third-order valence-electron chi connectivity index (χ3n) is 3.08. The van der Waals surface area contributed by atoms with Gasteiger partial charge in [0.1, 0.15) is 0 Å². The van der Waals surface area contributed by atoms with Crippen LogP contribution < -0.4 is 0 Å². The van der Waals surface area contributed by atoms with Crippen molar-refractivity contribution in [2.45, 2.75) is 45.0 Å². The number of rotatable bonds is 5. The summed E-state index contributed by atoms with van der Waals surface area (Å²) in [5.74, 6) is -0.641. The van der Waals surface area contributed by atoms with Gasteiger partial charge in [-0.2, -0.15) is 0 Å². The van der Waals surface area contributed by atoms with Crippen molar-refractivity contribution in [1.82, 2.24) is 0 Å². The molecule has 0 N–H and O–H groups in total. The Morgan fingerprint density at radius 2 is 2.37 bits per heavy atom. The Morgan fingerprint density at radius 3 is 3.00 bits per heavy atom. The minimum atomic E-state index is -0.449. The Balaban J connectivity index is 1.79. The molecule has 0 aliphatic carbocycles. The first-order chi connectivity index (χ1) is 8.98. The number of thiophene rings is 1. The molecule has 0 amide bonds. The standard InChI is InChI=1S/C14H20O4S/c1-14(2)17-8-11(18-14)5-4-10-6-12(19-9-10)7-13(15)16-3/h6,9,11H,4-5,7-8H2,1-3H3/t11-/m0/s1. The molecule has 0 aromatic carbocycles. The van der Waals surface area contributed by atoms with Crippen molar-refractivity contribution in [3.63, 3.8) is 0 Å². The number of aryl methyl sites for hydroxylation is 1. The van der Waals surface area contributed by atoms with E-state index in [0.717, 1.165) is 17.7 Å². The van der Waals surface area contributed by atoms with Crippen LogP contribution >= 0.6 is 11.3 Å². The maximum Gasteiger partial charge on any atom is 0.310 e. The number of hydrogen-bond donors (Lipinski definition) is 0. The topological polar surface area (TPSA) is 44.8 Å². The summed E-state index contributed by atoms with van der Waals surface area (Å²) in [6.07, 6.45) is 2.41. The van der Waals surface area contributed by atoms with Crippen LogP contribution in [0.2, 0.25) is 0 Å². The maximum atomic E-state index is 11.2. The zero-order chi connectivity index (χ0) is 13.9. The summed E-state index contributed by atoms with van der Waals surface area (Å²) in [5.41, 5.74) is 1.25. The van der Waals surface area contributed by atoms with E-state index >= 15 is 0 Å². The molecular formula is C14H20O4S. The van der Waals surface area contributed by atoms with Crippen LogP contribution in [-0.4, -0.2) is 31.6 Å². The van der Waals surface area contributed by atoms with Gasteiger partial charge in [-0.15, -0.1) is 11.3 Å². The third kappa shape index (κ3) is 4.30. The quantitative estimate of drug-likeness (QED) is 0.780. The van der Waals surface area contributed by atoms with Gasteiger partial charge in [-0.3, -0.25) is 4.79 Å². The van der Waals surface area contributed by atoms with E-state index in [0.29, 0.717) is 13.0 Å². The molecule has 1 saturated heterocycles. The van der Waals surface area contributed by atoms with Crippen LogP contribution in [0.3, 0.4) is 0 Å². The monoisotopic (exact) mass is 284 g/mol. The van der Waals surface area contributed by atoms with Gasteiger partial charge < -0.3 is 14.2 Å². The molecular weight excluding hydrogens is 264 g/mol. The van der Waals surface area contributed by atoms with Crippen LogP contribution in [0.15, 0.2) is 11.4 Å². The Kier molecular flexibility index (Phi) is 4.60. The molecule has 1 aromatic heterocycles. The van der Waals surface area contributed by atoms with Crippen molar-refractivity contribution in [3.05, 3.63) is 21.9 Å². The van der Waals surface area contributed by atoms with Crippen LogP contribution in [0, 0.1) is 0 Å². The second-order valence-corrected chi connectivity index (χ2v) is 6.16. The molecule has 2 heterocycles. The van der Waals surface area contributed by atoms with E-state index < -0.39 is 5.79 Å². The first-order valence-corrected chi connectivity index (χ1v) is 7.31. The van der Waals surface area contributed by atoms with Crippen molar-refractivity contribution in [3.8, 4) is 0 Å². The van der Waals surface area contributed by atoms with Crippen molar-refractivity contribution in [2.75, 3.05) is 13.7 Å². The summed E-state index contributed by atoms with van der Waals surface area (Å²) in [6, 6.07) is 2.07. The van der Waals surface area contributed by atoms with Crippen LogP contribution in [0.25, 0.3) is 0 Å². The maximum absolute atomic E-state index is 11.2. The van der Waals surface area contributed by atoms with Gasteiger partial charge in [0.05, 0.1) is 26.2 Å². The lowest BCUT2D eigenvalue weighted by molar-refractivity contribution is -0.140. The Labute approximate surface area is 117 Å². The molecule has 4 nitrogen and oxygen atoms in total. The molecule has 1 atom stereocenters. The molecule has 19 heavy (non-hydrogen) atoms. The number of carbonyl (C=O) groups excluding carboxylic acids is 1. The summed E-state index contributed by atoms with van der Waals surface area (Å²) < 4.78 is 16.0. The van der Waals surface area contributed by atoms with Crippen LogP contribution in [0.4, 0.5) is 0 Å². The first-order valence-electron chi connectivity index (χ1n) is 6.43. The van der Waals surface area contributed by atoms with Gasteiger partial charge in [0.2, 0.25) is 0 Å². The fraction of sp³-hybridized carbons (Fsp3) is 0.643. The molecule has 106 valence electrons. The molecule has 0 unspecified atom stereocenters. The lowest BCUT2D eigenvalue weighted by atomic mass is 10.1. The smallest absolute Gasteiger partial charge is 0.310 e. The molecule has 5 heteroatoms. The molecule has 1 fully saturated rings. The summed E-state index contributed by atoms with van der Waals surface area (Å²) in [6.45, 7) is 4.53. The molecule has 1 aliphatic heterocycles. The van der Waals surface area contributed by atoms with Crippen LogP contribution in [0.5, 0.6) is 0 Å². The van der Waals surface area contributed by atoms with Gasteiger partial charge in [-0.05, 0) is 43.7 Å². The van der Waals surface area contributed by atoms with E-state index in [4.69, 9.17) is 9.47 Å². The number of methoxy groups -OCH3 is 1. The van der Waals surface area contributed by atoms with Gasteiger partial charge in [-0.1, -0.05) is 0 Å². The zero-order valence-corrected chi connectivity index (χ0v) is 12.4. The Bertz CT molecular complexity index is 438. The summed E-state index contributed by atoms with van der Waals surface area (Å²) >= 11 is 1.60. The van der Waals surface area contributed by atoms with Gasteiger partial charge in [0.25, 0.3) is 0 Å². The number of esters is 1. The SMILES string of the molecule is COC(=O)Cc1cc(CC[C@H]2COC(C)(C)O2)cs1. The van der Waals surface area contributed by atoms with Gasteiger partial charge >= 0.3 is 5.97 Å². The third-order valence-corrected chi connectivity index (χ3v) is 4.06.